The summed E-state index contributed by atoms with van der Waals surface area (Å²) in [6, 6.07) is 8.60. The van der Waals surface area contributed by atoms with Crippen LogP contribution in [0.2, 0.25) is 0 Å². The zero-order valence-corrected chi connectivity index (χ0v) is 14.1. The Morgan fingerprint density at radius 2 is 2.14 bits per heavy atom. The fourth-order valence-electron chi connectivity index (χ4n) is 2.99. The van der Waals surface area contributed by atoms with E-state index in [9.17, 15) is 4.79 Å². The molecule has 1 aromatic rings. The first-order chi connectivity index (χ1) is 10.2. The van der Waals surface area contributed by atoms with Crippen LogP contribution in [-0.2, 0) is 11.3 Å². The van der Waals surface area contributed by atoms with E-state index in [-0.39, 0.29) is 0 Å². The summed E-state index contributed by atoms with van der Waals surface area (Å²) >= 11 is 3.59. The van der Waals surface area contributed by atoms with E-state index >= 15 is 0 Å². The summed E-state index contributed by atoms with van der Waals surface area (Å²) in [7, 11) is 0. The molecular weight excluding hydrogens is 326 g/mol. The highest BCUT2D eigenvalue weighted by Crippen LogP contribution is 2.27. The van der Waals surface area contributed by atoms with Crippen molar-refractivity contribution in [3.8, 4) is 0 Å². The number of benzene rings is 1. The molecule has 1 atom stereocenters. The van der Waals surface area contributed by atoms with E-state index in [1.807, 2.05) is 24.3 Å². The van der Waals surface area contributed by atoms with E-state index in [2.05, 4.69) is 33.5 Å². The molecule has 21 heavy (non-hydrogen) atoms. The molecule has 1 fully saturated rings. The van der Waals surface area contributed by atoms with Gasteiger partial charge >= 0.3 is 0 Å². The minimum absolute atomic E-state index is 0.311. The van der Waals surface area contributed by atoms with Gasteiger partial charge in [0, 0.05) is 23.5 Å². The van der Waals surface area contributed by atoms with Gasteiger partial charge in [0.2, 0.25) is 5.91 Å². The van der Waals surface area contributed by atoms with Crippen molar-refractivity contribution in [3.63, 3.8) is 0 Å². The molecule has 0 aromatic heterocycles. The topological polar surface area (TPSA) is 20.3 Å². The van der Waals surface area contributed by atoms with Crippen LogP contribution in [0.1, 0.15) is 50.5 Å². The quantitative estimate of drug-likeness (QED) is 0.496. The smallest absolute Gasteiger partial charge is 0.223 e. The van der Waals surface area contributed by atoms with E-state index in [4.69, 9.17) is 0 Å². The highest BCUT2D eigenvalue weighted by Gasteiger charge is 2.27. The number of rotatable bonds is 7. The van der Waals surface area contributed by atoms with Crippen molar-refractivity contribution in [3.05, 3.63) is 47.0 Å². The second-order valence-corrected chi connectivity index (χ2v) is 6.59. The second kappa shape index (κ2) is 8.38. The Balaban J connectivity index is 1.99. The lowest BCUT2D eigenvalue weighted by Gasteiger charge is -2.36. The summed E-state index contributed by atoms with van der Waals surface area (Å²) in [5.41, 5.74) is 1.20. The third-order valence-corrected chi connectivity index (χ3v) is 4.96. The van der Waals surface area contributed by atoms with Crippen LogP contribution in [0.15, 0.2) is 41.4 Å². The number of unbranched alkanes of at least 4 members (excludes halogenated alkanes) is 2. The maximum atomic E-state index is 12.3. The van der Waals surface area contributed by atoms with Crippen LogP contribution in [0, 0.1) is 0 Å². The summed E-state index contributed by atoms with van der Waals surface area (Å²) in [6.07, 6.45) is 9.41. The van der Waals surface area contributed by atoms with Gasteiger partial charge in [-0.1, -0.05) is 46.6 Å². The molecule has 2 nitrogen and oxygen atoms in total. The zero-order valence-electron chi connectivity index (χ0n) is 12.6. The van der Waals surface area contributed by atoms with Crippen LogP contribution in [-0.4, -0.2) is 16.8 Å². The highest BCUT2D eigenvalue weighted by molar-refractivity contribution is 9.10. The Morgan fingerprint density at radius 1 is 1.33 bits per heavy atom. The van der Waals surface area contributed by atoms with Gasteiger partial charge < -0.3 is 4.90 Å². The number of piperidine rings is 1. The number of amides is 1. The van der Waals surface area contributed by atoms with Gasteiger partial charge in [0.15, 0.2) is 0 Å². The monoisotopic (exact) mass is 349 g/mol. The van der Waals surface area contributed by atoms with Crippen molar-refractivity contribution in [2.45, 2.75) is 57.5 Å². The Bertz CT molecular complexity index is 486. The number of allylic oxidation sites excluding steroid dienone is 1. The molecule has 1 aliphatic rings. The van der Waals surface area contributed by atoms with Crippen molar-refractivity contribution in [1.82, 2.24) is 4.90 Å². The van der Waals surface area contributed by atoms with Crippen molar-refractivity contribution < 1.29 is 4.79 Å². The Hall–Kier alpha value is -1.09. The molecule has 1 heterocycles. The molecule has 2 rings (SSSR count). The maximum Gasteiger partial charge on any atom is 0.223 e. The van der Waals surface area contributed by atoms with Gasteiger partial charge in [-0.3, -0.25) is 4.79 Å². The van der Waals surface area contributed by atoms with Gasteiger partial charge in [-0.2, -0.15) is 0 Å². The van der Waals surface area contributed by atoms with Crippen molar-refractivity contribution in [2.24, 2.45) is 0 Å². The summed E-state index contributed by atoms with van der Waals surface area (Å²) in [6.45, 7) is 4.50. The van der Waals surface area contributed by atoms with Gasteiger partial charge in [0.05, 0.1) is 0 Å². The molecule has 0 radical (unpaired) electrons. The Morgan fingerprint density at radius 3 is 2.90 bits per heavy atom. The van der Waals surface area contributed by atoms with E-state index in [1.54, 1.807) is 0 Å². The molecule has 3 heteroatoms. The van der Waals surface area contributed by atoms with Crippen LogP contribution in [0.3, 0.4) is 0 Å². The van der Waals surface area contributed by atoms with Crippen molar-refractivity contribution in [2.75, 3.05) is 0 Å². The largest absolute Gasteiger partial charge is 0.335 e. The maximum absolute atomic E-state index is 12.3. The fraction of sp³-hybridized carbons (Fsp3) is 0.500. The molecule has 0 bridgehead atoms. The van der Waals surface area contributed by atoms with Crippen LogP contribution < -0.4 is 0 Å². The highest BCUT2D eigenvalue weighted by atomic mass is 79.9. The summed E-state index contributed by atoms with van der Waals surface area (Å²) in [4.78, 5) is 14.4. The fourth-order valence-corrected chi connectivity index (χ4v) is 3.40. The minimum atomic E-state index is 0.311. The molecule has 1 aromatic carbocycles. The molecule has 1 amide bonds. The zero-order chi connectivity index (χ0) is 15.1. The Labute approximate surface area is 136 Å². The number of likely N-dealkylation sites (tertiary alicyclic amines) is 1. The number of hydrogen-bond donors (Lipinski definition) is 0. The van der Waals surface area contributed by atoms with Gasteiger partial charge in [-0.15, -0.1) is 6.58 Å². The normalized spacial score (nSPS) is 18.8. The van der Waals surface area contributed by atoms with Crippen molar-refractivity contribution >= 4 is 21.8 Å². The van der Waals surface area contributed by atoms with E-state index < -0.39 is 0 Å². The van der Waals surface area contributed by atoms with Gasteiger partial charge in [0.1, 0.15) is 0 Å². The third kappa shape index (κ3) is 4.70. The first-order valence-corrected chi connectivity index (χ1v) is 8.65. The predicted octanol–water partition coefficient (Wildman–Crippen LogP) is 5.08. The number of carbonyl (C=O) groups excluding carboxylic acids is 1. The Kier molecular flexibility index (Phi) is 6.50. The molecular formula is C18H24BrNO. The van der Waals surface area contributed by atoms with E-state index in [1.165, 1.54) is 18.4 Å². The lowest BCUT2D eigenvalue weighted by molar-refractivity contribution is -0.137. The first kappa shape index (κ1) is 16.3. The average molecular weight is 350 g/mol. The molecule has 0 aliphatic carbocycles. The minimum Gasteiger partial charge on any atom is -0.335 e. The molecule has 0 saturated carbocycles. The summed E-state index contributed by atoms with van der Waals surface area (Å²) < 4.78 is 1.09. The number of halogens is 1. The molecule has 0 spiro atoms. The number of nitrogens with zero attached hydrogens (tertiary/aromatic N) is 1. The third-order valence-electron chi connectivity index (χ3n) is 4.18. The standard InChI is InChI=1S/C18H24BrNO/c1-2-3-4-5-10-16-11-8-13-18(21)20(16)14-15-9-6-7-12-17(15)19/h2,6-7,9,12,16H,1,3-5,8,10-11,13-14H2. The average Bonchev–Trinajstić information content (AvgIpc) is 2.49. The molecule has 0 N–H and O–H groups in total. The van der Waals surface area contributed by atoms with Crippen LogP contribution >= 0.6 is 15.9 Å². The molecule has 1 aliphatic heterocycles. The van der Waals surface area contributed by atoms with Crippen LogP contribution in [0.5, 0.6) is 0 Å². The number of hydrogen-bond acceptors (Lipinski definition) is 1. The van der Waals surface area contributed by atoms with Crippen LogP contribution in [0.25, 0.3) is 0 Å². The van der Waals surface area contributed by atoms with E-state index in [0.29, 0.717) is 18.4 Å². The van der Waals surface area contributed by atoms with Gasteiger partial charge in [0.25, 0.3) is 0 Å². The van der Waals surface area contributed by atoms with Crippen molar-refractivity contribution in [1.29, 1.82) is 0 Å². The predicted molar refractivity (Wildman–Crippen MR) is 91.0 cm³/mol. The van der Waals surface area contributed by atoms with Gasteiger partial charge in [-0.05, 0) is 43.7 Å². The molecule has 114 valence electrons. The van der Waals surface area contributed by atoms with E-state index in [0.717, 1.165) is 36.7 Å². The number of carbonyl (C=O) groups is 1. The lowest BCUT2D eigenvalue weighted by atomic mass is 9.95. The molecule has 1 saturated heterocycles. The molecule has 1 unspecified atom stereocenters. The summed E-state index contributed by atoms with van der Waals surface area (Å²) in [5, 5.41) is 0. The van der Waals surface area contributed by atoms with Crippen LogP contribution in [0.4, 0.5) is 0 Å². The van der Waals surface area contributed by atoms with Gasteiger partial charge in [-0.25, -0.2) is 0 Å². The summed E-state index contributed by atoms with van der Waals surface area (Å²) in [5.74, 6) is 0.311. The SMILES string of the molecule is C=CCCCCC1CCCC(=O)N1Cc1ccccc1Br. The lowest BCUT2D eigenvalue weighted by Crippen LogP contribution is -2.43. The second-order valence-electron chi connectivity index (χ2n) is 5.73. The first-order valence-electron chi connectivity index (χ1n) is 7.86.